The molecule has 8 heteroatoms. The normalized spacial score (nSPS) is 28.0. The molecule has 0 radical (unpaired) electrons. The molecule has 0 bridgehead atoms. The van der Waals surface area contributed by atoms with Gasteiger partial charge < -0.3 is 14.9 Å². The highest BCUT2D eigenvalue weighted by Gasteiger charge is 2.44. The van der Waals surface area contributed by atoms with E-state index in [1.807, 2.05) is 0 Å². The molecule has 23 heavy (non-hydrogen) atoms. The standard InChI is InChI=1S/C15H23N2O5P/c1-5-17-8-9(14(20)16-15(17)21)13-12(19)11(18)10(22-13)6-7-23(2,3)4/h5,8,10-13,18-19H,1-2,6-7H2,3-4H3,(H,16,20,21)/t10?,11-,12-,13+/m1/s1. The van der Waals surface area contributed by atoms with Gasteiger partial charge >= 0.3 is 5.69 Å². The maximum absolute atomic E-state index is 12.0. The van der Waals surface area contributed by atoms with E-state index < -0.39 is 42.6 Å². The van der Waals surface area contributed by atoms with Crippen molar-refractivity contribution in [1.82, 2.24) is 9.55 Å². The number of nitrogens with zero attached hydrogens (tertiary/aromatic N) is 1. The SMILES string of the molecule is C=Cn1cc([C@@H]2OC(CCP(=C)(C)C)[C@@H](O)[C@H]2O)c(=O)[nH]c1=O. The molecule has 0 aliphatic carbocycles. The van der Waals surface area contributed by atoms with E-state index in [0.29, 0.717) is 6.42 Å². The summed E-state index contributed by atoms with van der Waals surface area (Å²) in [6.07, 6.45) is 4.10. The summed E-state index contributed by atoms with van der Waals surface area (Å²) in [7, 11) is 0. The predicted molar refractivity (Wildman–Crippen MR) is 92.7 cm³/mol. The molecule has 2 heterocycles. The number of aliphatic hydroxyl groups excluding tert-OH is 2. The van der Waals surface area contributed by atoms with Crippen LogP contribution in [0.25, 0.3) is 6.20 Å². The van der Waals surface area contributed by atoms with Gasteiger partial charge in [-0.25, -0.2) is 4.79 Å². The molecule has 2 rings (SSSR count). The zero-order valence-corrected chi connectivity index (χ0v) is 14.2. The lowest BCUT2D eigenvalue weighted by atomic mass is 10.0. The molecule has 4 atom stereocenters. The molecule has 1 unspecified atom stereocenters. The number of ether oxygens (including phenoxy) is 1. The van der Waals surface area contributed by atoms with Crippen molar-refractivity contribution in [3.8, 4) is 0 Å². The molecule has 1 aliphatic rings. The Morgan fingerprint density at radius 2 is 2.04 bits per heavy atom. The third-order valence-electron chi connectivity index (χ3n) is 3.88. The number of aliphatic hydroxyl groups is 2. The molecule has 7 nitrogen and oxygen atoms in total. The molecule has 1 aliphatic heterocycles. The van der Waals surface area contributed by atoms with Crippen LogP contribution in [0.1, 0.15) is 18.1 Å². The predicted octanol–water partition coefficient (Wildman–Crippen LogP) is -0.102. The van der Waals surface area contributed by atoms with Crippen molar-refractivity contribution in [3.05, 3.63) is 39.2 Å². The van der Waals surface area contributed by atoms with Gasteiger partial charge in [-0.3, -0.25) is 14.3 Å². The number of hydrogen-bond donors (Lipinski definition) is 3. The zero-order valence-electron chi connectivity index (χ0n) is 13.3. The number of aromatic amines is 1. The van der Waals surface area contributed by atoms with Crippen molar-refractivity contribution in [3.63, 3.8) is 0 Å². The molecule has 0 saturated carbocycles. The van der Waals surface area contributed by atoms with Crippen molar-refractivity contribution >= 4 is 19.4 Å². The minimum Gasteiger partial charge on any atom is -0.388 e. The topological polar surface area (TPSA) is 105 Å². The fraction of sp³-hybridized carbons (Fsp3) is 0.533. The summed E-state index contributed by atoms with van der Waals surface area (Å²) in [6, 6.07) is 0. The van der Waals surface area contributed by atoms with Gasteiger partial charge in [-0.2, -0.15) is 0 Å². The van der Waals surface area contributed by atoms with E-state index in [2.05, 4.69) is 31.2 Å². The van der Waals surface area contributed by atoms with Crippen molar-refractivity contribution in [1.29, 1.82) is 0 Å². The van der Waals surface area contributed by atoms with Gasteiger partial charge in [0.15, 0.2) is 0 Å². The monoisotopic (exact) mass is 342 g/mol. The highest BCUT2D eigenvalue weighted by atomic mass is 31.2. The van der Waals surface area contributed by atoms with Crippen molar-refractivity contribution in [2.24, 2.45) is 0 Å². The number of H-pyrrole nitrogens is 1. The average molecular weight is 342 g/mol. The Labute approximate surface area is 134 Å². The minimum atomic E-state index is -1.28. The maximum atomic E-state index is 12.0. The number of rotatable bonds is 5. The molecular weight excluding hydrogens is 319 g/mol. The highest BCUT2D eigenvalue weighted by Crippen LogP contribution is 2.40. The second-order valence-corrected chi connectivity index (χ2v) is 10.8. The highest BCUT2D eigenvalue weighted by molar-refractivity contribution is 7.72. The second-order valence-electron chi connectivity index (χ2n) is 6.46. The van der Waals surface area contributed by atoms with Crippen LogP contribution in [0, 0.1) is 0 Å². The summed E-state index contributed by atoms with van der Waals surface area (Å²) in [5.74, 6) is 0. The van der Waals surface area contributed by atoms with E-state index in [1.165, 1.54) is 12.4 Å². The van der Waals surface area contributed by atoms with Crippen LogP contribution < -0.4 is 11.2 Å². The van der Waals surface area contributed by atoms with Crippen LogP contribution in [0.3, 0.4) is 0 Å². The van der Waals surface area contributed by atoms with Crippen LogP contribution in [0.5, 0.6) is 0 Å². The third kappa shape index (κ3) is 3.93. The summed E-state index contributed by atoms with van der Waals surface area (Å²) in [5, 5.41) is 20.4. The lowest BCUT2D eigenvalue weighted by molar-refractivity contribution is 0.00505. The van der Waals surface area contributed by atoms with Gasteiger partial charge in [-0.15, -0.1) is 13.2 Å². The molecular formula is C15H23N2O5P. The van der Waals surface area contributed by atoms with Crippen LogP contribution >= 0.6 is 6.89 Å². The maximum Gasteiger partial charge on any atom is 0.332 e. The van der Waals surface area contributed by atoms with Crippen LogP contribution in [0.15, 0.2) is 22.4 Å². The van der Waals surface area contributed by atoms with Crippen molar-refractivity contribution < 1.29 is 14.9 Å². The number of hydrogen-bond acceptors (Lipinski definition) is 5. The van der Waals surface area contributed by atoms with Gasteiger partial charge in [0.05, 0.1) is 11.7 Å². The molecule has 1 aromatic rings. The van der Waals surface area contributed by atoms with E-state index in [-0.39, 0.29) is 5.56 Å². The first-order valence-electron chi connectivity index (χ1n) is 7.31. The van der Waals surface area contributed by atoms with Crippen molar-refractivity contribution in [2.45, 2.75) is 30.8 Å². The summed E-state index contributed by atoms with van der Waals surface area (Å²) in [6.45, 7) is 6.35. The van der Waals surface area contributed by atoms with Gasteiger partial charge in [0, 0.05) is 12.4 Å². The molecule has 1 fully saturated rings. The van der Waals surface area contributed by atoms with E-state index in [4.69, 9.17) is 4.74 Å². The summed E-state index contributed by atoms with van der Waals surface area (Å²) in [4.78, 5) is 25.7. The van der Waals surface area contributed by atoms with E-state index >= 15 is 0 Å². The summed E-state index contributed by atoms with van der Waals surface area (Å²) in [5.41, 5.74) is -1.18. The Morgan fingerprint density at radius 1 is 1.39 bits per heavy atom. The lowest BCUT2D eigenvalue weighted by Crippen LogP contribution is -2.34. The Kier molecular flexibility index (Phi) is 5.16. The quantitative estimate of drug-likeness (QED) is 0.648. The fourth-order valence-electron chi connectivity index (χ4n) is 2.56. The zero-order chi connectivity index (χ0) is 17.4. The van der Waals surface area contributed by atoms with Gasteiger partial charge in [0.1, 0.15) is 18.3 Å². The largest absolute Gasteiger partial charge is 0.388 e. The number of aromatic nitrogens is 2. The first kappa shape index (κ1) is 17.9. The Hall–Kier alpha value is -1.40. The van der Waals surface area contributed by atoms with Crippen molar-refractivity contribution in [2.75, 3.05) is 19.5 Å². The van der Waals surface area contributed by atoms with Gasteiger partial charge in [-0.05, 0) is 25.9 Å². The molecule has 1 aromatic heterocycles. The molecule has 0 aromatic carbocycles. The van der Waals surface area contributed by atoms with Crippen LogP contribution in [-0.4, -0.2) is 63.9 Å². The molecule has 3 N–H and O–H groups in total. The lowest BCUT2D eigenvalue weighted by Gasteiger charge is -2.18. The fourth-order valence-corrected chi connectivity index (χ4v) is 3.51. The van der Waals surface area contributed by atoms with Crippen LogP contribution in [0.4, 0.5) is 0 Å². The molecule has 0 amide bonds. The Bertz CT molecular complexity index is 747. The second kappa shape index (κ2) is 6.61. The van der Waals surface area contributed by atoms with E-state index in [9.17, 15) is 19.8 Å². The minimum absolute atomic E-state index is 0.0854. The molecule has 128 valence electrons. The van der Waals surface area contributed by atoms with Crippen LogP contribution in [0.2, 0.25) is 0 Å². The number of nitrogens with one attached hydrogen (secondary N) is 1. The van der Waals surface area contributed by atoms with Gasteiger partial charge in [0.25, 0.3) is 5.56 Å². The molecule has 0 spiro atoms. The van der Waals surface area contributed by atoms with E-state index in [1.54, 1.807) is 0 Å². The summed E-state index contributed by atoms with van der Waals surface area (Å²) >= 11 is 0. The Balaban J connectivity index is 2.28. The average Bonchev–Trinajstić information content (AvgIpc) is 2.73. The van der Waals surface area contributed by atoms with Crippen LogP contribution in [-0.2, 0) is 4.74 Å². The summed E-state index contributed by atoms with van der Waals surface area (Å²) < 4.78 is 6.80. The van der Waals surface area contributed by atoms with Gasteiger partial charge in [0.2, 0.25) is 0 Å². The third-order valence-corrected chi connectivity index (χ3v) is 5.35. The smallest absolute Gasteiger partial charge is 0.332 e. The molecule has 1 saturated heterocycles. The Morgan fingerprint density at radius 3 is 2.61 bits per heavy atom. The van der Waals surface area contributed by atoms with E-state index in [0.717, 1.165) is 10.7 Å². The van der Waals surface area contributed by atoms with Gasteiger partial charge in [-0.1, -0.05) is 6.58 Å². The first-order chi connectivity index (χ1) is 10.6. The first-order valence-corrected chi connectivity index (χ1v) is 10.4.